The van der Waals surface area contributed by atoms with Crippen LogP contribution in [0.1, 0.15) is 18.9 Å². The summed E-state index contributed by atoms with van der Waals surface area (Å²) in [6, 6.07) is 3.27. The second kappa shape index (κ2) is 9.69. The molecule has 0 unspecified atom stereocenters. The summed E-state index contributed by atoms with van der Waals surface area (Å²) in [7, 11) is 0. The molecule has 108 valence electrons. The molecular weight excluding hydrogens is 274 g/mol. The molecule has 1 rings (SSSR count). The van der Waals surface area contributed by atoms with Crippen molar-refractivity contribution in [2.45, 2.75) is 19.8 Å². The van der Waals surface area contributed by atoms with Crippen molar-refractivity contribution in [3.8, 4) is 0 Å². The molecule has 2 N–H and O–H groups in total. The molecule has 0 aliphatic carbocycles. The molecule has 0 aliphatic rings. The molecule has 19 heavy (non-hydrogen) atoms. The van der Waals surface area contributed by atoms with E-state index in [2.05, 4.69) is 10.6 Å². The molecule has 0 fully saturated rings. The highest BCUT2D eigenvalue weighted by atomic mass is 35.5. The Bertz CT molecular complexity index is 402. The van der Waals surface area contributed by atoms with Gasteiger partial charge < -0.3 is 10.6 Å². The van der Waals surface area contributed by atoms with Gasteiger partial charge in [0.15, 0.2) is 0 Å². The number of rotatable bonds is 7. The number of benzene rings is 1. The third-order valence-corrected chi connectivity index (χ3v) is 2.50. The predicted octanol–water partition coefficient (Wildman–Crippen LogP) is 2.04. The van der Waals surface area contributed by atoms with Gasteiger partial charge >= 0.3 is 0 Å². The summed E-state index contributed by atoms with van der Waals surface area (Å²) < 4.78 is 26.1. The maximum Gasteiger partial charge on any atom is 0.220 e. The Labute approximate surface area is 118 Å². The lowest BCUT2D eigenvalue weighted by molar-refractivity contribution is -0.121. The fraction of sp³-hybridized carbons (Fsp3) is 0.462. The first-order chi connectivity index (χ1) is 8.63. The predicted molar refractivity (Wildman–Crippen MR) is 73.5 cm³/mol. The van der Waals surface area contributed by atoms with Crippen LogP contribution in [0, 0.1) is 11.6 Å². The number of halogens is 3. The van der Waals surface area contributed by atoms with Crippen molar-refractivity contribution in [1.82, 2.24) is 10.6 Å². The average molecular weight is 293 g/mol. The van der Waals surface area contributed by atoms with Crippen molar-refractivity contribution in [3.05, 3.63) is 35.4 Å². The maximum absolute atomic E-state index is 13.3. The molecule has 0 spiro atoms. The van der Waals surface area contributed by atoms with Crippen molar-refractivity contribution < 1.29 is 13.6 Å². The van der Waals surface area contributed by atoms with E-state index in [9.17, 15) is 13.6 Å². The lowest BCUT2D eigenvalue weighted by atomic mass is 10.1. The van der Waals surface area contributed by atoms with Gasteiger partial charge in [-0.2, -0.15) is 0 Å². The van der Waals surface area contributed by atoms with E-state index in [-0.39, 0.29) is 36.7 Å². The Morgan fingerprint density at radius 1 is 1.26 bits per heavy atom. The number of likely N-dealkylation sites (N-methyl/N-ethyl adjacent to an activating group) is 1. The number of hydrogen-bond donors (Lipinski definition) is 2. The van der Waals surface area contributed by atoms with E-state index >= 15 is 0 Å². The van der Waals surface area contributed by atoms with Crippen molar-refractivity contribution in [1.29, 1.82) is 0 Å². The molecule has 1 aromatic carbocycles. The van der Waals surface area contributed by atoms with Crippen molar-refractivity contribution in [3.63, 3.8) is 0 Å². The van der Waals surface area contributed by atoms with E-state index < -0.39 is 11.6 Å². The number of amides is 1. The van der Waals surface area contributed by atoms with Crippen LogP contribution in [0.4, 0.5) is 8.78 Å². The minimum absolute atomic E-state index is 0. The summed E-state index contributed by atoms with van der Waals surface area (Å²) in [5, 5.41) is 5.77. The zero-order chi connectivity index (χ0) is 13.4. The van der Waals surface area contributed by atoms with Crippen LogP contribution in [0.3, 0.4) is 0 Å². The van der Waals surface area contributed by atoms with Gasteiger partial charge in [-0.3, -0.25) is 4.79 Å². The van der Waals surface area contributed by atoms with Gasteiger partial charge in [-0.05, 0) is 36.7 Å². The minimum atomic E-state index is -0.487. The van der Waals surface area contributed by atoms with Gasteiger partial charge in [0.2, 0.25) is 5.91 Å². The summed E-state index contributed by atoms with van der Waals surface area (Å²) in [5.74, 6) is -1.12. The van der Waals surface area contributed by atoms with Crippen LogP contribution in [0.2, 0.25) is 0 Å². The van der Waals surface area contributed by atoms with Gasteiger partial charge in [-0.15, -0.1) is 12.4 Å². The smallest absolute Gasteiger partial charge is 0.220 e. The number of carbonyl (C=O) groups excluding carboxylic acids is 1. The molecule has 0 saturated carbocycles. The number of aryl methyl sites for hydroxylation is 1. The Hall–Kier alpha value is -1.20. The average Bonchev–Trinajstić information content (AvgIpc) is 2.36. The molecule has 6 heteroatoms. The van der Waals surface area contributed by atoms with Gasteiger partial charge in [0.25, 0.3) is 0 Å². The van der Waals surface area contributed by atoms with Crippen molar-refractivity contribution >= 4 is 18.3 Å². The first-order valence-corrected chi connectivity index (χ1v) is 6.04. The molecule has 0 bridgehead atoms. The lowest BCUT2D eigenvalue weighted by Gasteiger charge is -2.06. The Morgan fingerprint density at radius 3 is 2.68 bits per heavy atom. The summed E-state index contributed by atoms with van der Waals surface area (Å²) in [6.07, 6.45) is 0.364. The highest BCUT2D eigenvalue weighted by molar-refractivity contribution is 5.85. The monoisotopic (exact) mass is 292 g/mol. The fourth-order valence-electron chi connectivity index (χ4n) is 1.54. The summed E-state index contributed by atoms with van der Waals surface area (Å²) in [6.45, 7) is 4.08. The first kappa shape index (κ1) is 17.8. The van der Waals surface area contributed by atoms with Crippen LogP contribution in [0.25, 0.3) is 0 Å². The molecular formula is C13H19ClF2N2O. The van der Waals surface area contributed by atoms with Crippen LogP contribution in [-0.2, 0) is 11.2 Å². The van der Waals surface area contributed by atoms with Crippen LogP contribution >= 0.6 is 12.4 Å². The van der Waals surface area contributed by atoms with Crippen LogP contribution in [-0.4, -0.2) is 25.5 Å². The van der Waals surface area contributed by atoms with Gasteiger partial charge in [0.1, 0.15) is 11.6 Å². The van der Waals surface area contributed by atoms with Crippen LogP contribution in [0.15, 0.2) is 18.2 Å². The second-order valence-corrected chi connectivity index (χ2v) is 3.94. The third-order valence-electron chi connectivity index (χ3n) is 2.50. The molecule has 0 saturated heterocycles. The highest BCUT2D eigenvalue weighted by Crippen LogP contribution is 2.11. The topological polar surface area (TPSA) is 41.1 Å². The quantitative estimate of drug-likeness (QED) is 0.755. The van der Waals surface area contributed by atoms with Gasteiger partial charge in [-0.25, -0.2) is 8.78 Å². The molecule has 0 aliphatic heterocycles. The van der Waals surface area contributed by atoms with E-state index in [0.29, 0.717) is 13.1 Å². The lowest BCUT2D eigenvalue weighted by Crippen LogP contribution is -2.31. The number of hydrogen-bond acceptors (Lipinski definition) is 2. The van der Waals surface area contributed by atoms with Gasteiger partial charge in [-0.1, -0.05) is 6.92 Å². The molecule has 1 amide bonds. The largest absolute Gasteiger partial charge is 0.355 e. The Balaban J connectivity index is 0.00000324. The standard InChI is InChI=1S/C13H18F2N2O.ClH/c1-2-16-7-8-17-13(18)6-3-10-9-11(14)4-5-12(10)15;/h4-5,9,16H,2-3,6-8H2,1H3,(H,17,18);1H. The second-order valence-electron chi connectivity index (χ2n) is 3.94. The van der Waals surface area contributed by atoms with Gasteiger partial charge in [0, 0.05) is 19.5 Å². The zero-order valence-corrected chi connectivity index (χ0v) is 11.7. The number of carbonyl (C=O) groups is 1. The van der Waals surface area contributed by atoms with E-state index in [4.69, 9.17) is 0 Å². The SMILES string of the molecule is CCNCCNC(=O)CCc1cc(F)ccc1F.Cl. The van der Waals surface area contributed by atoms with E-state index in [0.717, 1.165) is 24.7 Å². The van der Waals surface area contributed by atoms with Gasteiger partial charge in [0.05, 0.1) is 0 Å². The van der Waals surface area contributed by atoms with Crippen LogP contribution < -0.4 is 10.6 Å². The molecule has 0 radical (unpaired) electrons. The molecule has 0 heterocycles. The van der Waals surface area contributed by atoms with Crippen molar-refractivity contribution in [2.24, 2.45) is 0 Å². The fourth-order valence-corrected chi connectivity index (χ4v) is 1.54. The summed E-state index contributed by atoms with van der Waals surface area (Å²) in [4.78, 5) is 11.4. The summed E-state index contributed by atoms with van der Waals surface area (Å²) in [5.41, 5.74) is 0.233. The summed E-state index contributed by atoms with van der Waals surface area (Å²) >= 11 is 0. The highest BCUT2D eigenvalue weighted by Gasteiger charge is 2.07. The molecule has 3 nitrogen and oxygen atoms in total. The zero-order valence-electron chi connectivity index (χ0n) is 10.8. The van der Waals surface area contributed by atoms with Crippen molar-refractivity contribution in [2.75, 3.05) is 19.6 Å². The first-order valence-electron chi connectivity index (χ1n) is 6.04. The van der Waals surface area contributed by atoms with Crippen LogP contribution in [0.5, 0.6) is 0 Å². The Morgan fingerprint density at radius 2 is 2.00 bits per heavy atom. The molecule has 1 aromatic rings. The minimum Gasteiger partial charge on any atom is -0.355 e. The Kier molecular flexibility index (Phi) is 9.08. The van der Waals surface area contributed by atoms with E-state index in [1.54, 1.807) is 0 Å². The molecule has 0 atom stereocenters. The maximum atomic E-state index is 13.3. The van der Waals surface area contributed by atoms with E-state index in [1.165, 1.54) is 0 Å². The number of nitrogens with one attached hydrogen (secondary N) is 2. The van der Waals surface area contributed by atoms with E-state index in [1.807, 2.05) is 6.92 Å². The normalized spacial score (nSPS) is 9.84. The molecule has 0 aromatic heterocycles. The third kappa shape index (κ3) is 7.08.